The summed E-state index contributed by atoms with van der Waals surface area (Å²) in [6.07, 6.45) is 0. The standard InChI is InChI=1S/C9H10F3NO2S/c1-5(4-16(13,14)15)9-7(11)2-6(10)3-8(9)12/h2-3,5H,4H2,1H3,(H2,13,14,15). The van der Waals surface area contributed by atoms with Gasteiger partial charge in [-0.1, -0.05) is 6.92 Å². The topological polar surface area (TPSA) is 60.2 Å². The maximum Gasteiger partial charge on any atom is 0.209 e. The molecule has 0 bridgehead atoms. The van der Waals surface area contributed by atoms with Gasteiger partial charge in [0.25, 0.3) is 0 Å². The van der Waals surface area contributed by atoms with E-state index in [1.54, 1.807) is 0 Å². The largest absolute Gasteiger partial charge is 0.229 e. The molecule has 0 aromatic heterocycles. The molecule has 0 aliphatic carbocycles. The van der Waals surface area contributed by atoms with Gasteiger partial charge in [-0.05, 0) is 0 Å². The van der Waals surface area contributed by atoms with Crippen LogP contribution in [-0.4, -0.2) is 14.2 Å². The van der Waals surface area contributed by atoms with Crippen LogP contribution in [0.25, 0.3) is 0 Å². The van der Waals surface area contributed by atoms with Crippen molar-refractivity contribution in [2.75, 3.05) is 5.75 Å². The molecule has 0 aliphatic rings. The van der Waals surface area contributed by atoms with E-state index in [-0.39, 0.29) is 0 Å². The van der Waals surface area contributed by atoms with Gasteiger partial charge >= 0.3 is 0 Å². The number of nitrogens with two attached hydrogens (primary N) is 1. The zero-order valence-electron chi connectivity index (χ0n) is 8.38. The molecule has 0 fully saturated rings. The van der Waals surface area contributed by atoms with E-state index in [0.717, 1.165) is 0 Å². The molecule has 0 spiro atoms. The van der Waals surface area contributed by atoms with Crippen molar-refractivity contribution in [2.24, 2.45) is 5.14 Å². The average Bonchev–Trinajstić information content (AvgIpc) is 1.96. The Kier molecular flexibility index (Phi) is 3.59. The second-order valence-electron chi connectivity index (χ2n) is 3.51. The molecule has 0 heterocycles. The molecule has 1 aromatic carbocycles. The van der Waals surface area contributed by atoms with Crippen LogP contribution in [0.2, 0.25) is 0 Å². The quantitative estimate of drug-likeness (QED) is 0.887. The molecule has 0 radical (unpaired) electrons. The van der Waals surface area contributed by atoms with Crippen LogP contribution >= 0.6 is 0 Å². The van der Waals surface area contributed by atoms with Crippen molar-refractivity contribution in [3.63, 3.8) is 0 Å². The molecule has 0 aliphatic heterocycles. The lowest BCUT2D eigenvalue weighted by molar-refractivity contribution is 0.512. The average molecular weight is 253 g/mol. The highest BCUT2D eigenvalue weighted by molar-refractivity contribution is 7.89. The third-order valence-corrected chi connectivity index (χ3v) is 2.98. The Morgan fingerprint density at radius 2 is 1.69 bits per heavy atom. The van der Waals surface area contributed by atoms with Crippen molar-refractivity contribution in [3.05, 3.63) is 35.1 Å². The Morgan fingerprint density at radius 1 is 1.25 bits per heavy atom. The molecule has 7 heteroatoms. The summed E-state index contributed by atoms with van der Waals surface area (Å²) in [6.45, 7) is 1.30. The minimum atomic E-state index is -3.84. The Morgan fingerprint density at radius 3 is 2.06 bits per heavy atom. The summed E-state index contributed by atoms with van der Waals surface area (Å²) < 4.78 is 60.6. The van der Waals surface area contributed by atoms with Crippen molar-refractivity contribution in [3.8, 4) is 0 Å². The van der Waals surface area contributed by atoms with E-state index in [2.05, 4.69) is 0 Å². The number of benzene rings is 1. The highest BCUT2D eigenvalue weighted by atomic mass is 32.2. The predicted molar refractivity (Wildman–Crippen MR) is 52.7 cm³/mol. The summed E-state index contributed by atoms with van der Waals surface area (Å²) in [5.41, 5.74) is -0.476. The molecular weight excluding hydrogens is 243 g/mol. The number of sulfonamides is 1. The summed E-state index contributed by atoms with van der Waals surface area (Å²) in [5, 5.41) is 4.76. The minimum Gasteiger partial charge on any atom is -0.229 e. The normalized spacial score (nSPS) is 13.8. The van der Waals surface area contributed by atoms with Crippen LogP contribution in [0.5, 0.6) is 0 Å². The van der Waals surface area contributed by atoms with Crippen molar-refractivity contribution < 1.29 is 21.6 Å². The lowest BCUT2D eigenvalue weighted by Gasteiger charge is -2.12. The fraction of sp³-hybridized carbons (Fsp3) is 0.333. The van der Waals surface area contributed by atoms with Crippen molar-refractivity contribution in [1.82, 2.24) is 0 Å². The Bertz CT molecular complexity index is 478. The summed E-state index contributed by atoms with van der Waals surface area (Å²) in [4.78, 5) is 0. The number of rotatable bonds is 3. The highest BCUT2D eigenvalue weighted by Gasteiger charge is 2.21. The molecule has 1 atom stereocenters. The number of halogens is 3. The van der Waals surface area contributed by atoms with Gasteiger partial charge in [-0.3, -0.25) is 0 Å². The zero-order valence-corrected chi connectivity index (χ0v) is 9.19. The summed E-state index contributed by atoms with van der Waals surface area (Å²) in [7, 11) is -3.84. The first-order valence-corrected chi connectivity index (χ1v) is 6.07. The van der Waals surface area contributed by atoms with Crippen LogP contribution in [0.15, 0.2) is 12.1 Å². The van der Waals surface area contributed by atoms with E-state index in [1.807, 2.05) is 0 Å². The van der Waals surface area contributed by atoms with E-state index >= 15 is 0 Å². The Balaban J connectivity index is 3.14. The Hall–Kier alpha value is -1.08. The molecule has 90 valence electrons. The molecule has 1 aromatic rings. The fourth-order valence-corrected chi connectivity index (χ4v) is 2.32. The molecule has 0 saturated heterocycles. The van der Waals surface area contributed by atoms with Gasteiger partial charge in [0.2, 0.25) is 10.0 Å². The van der Waals surface area contributed by atoms with Crippen LogP contribution in [0.3, 0.4) is 0 Å². The van der Waals surface area contributed by atoms with Crippen molar-refractivity contribution >= 4 is 10.0 Å². The van der Waals surface area contributed by atoms with Crippen LogP contribution < -0.4 is 5.14 Å². The maximum atomic E-state index is 13.2. The van der Waals surface area contributed by atoms with E-state index < -0.39 is 44.7 Å². The fourth-order valence-electron chi connectivity index (χ4n) is 1.46. The smallest absolute Gasteiger partial charge is 0.209 e. The molecular formula is C9H10F3NO2S. The van der Waals surface area contributed by atoms with Gasteiger partial charge in [-0.25, -0.2) is 26.7 Å². The van der Waals surface area contributed by atoms with Gasteiger partial charge in [0.1, 0.15) is 17.5 Å². The van der Waals surface area contributed by atoms with Crippen molar-refractivity contribution in [2.45, 2.75) is 12.8 Å². The van der Waals surface area contributed by atoms with Gasteiger partial charge in [-0.2, -0.15) is 0 Å². The van der Waals surface area contributed by atoms with E-state index in [1.165, 1.54) is 6.92 Å². The molecule has 2 N–H and O–H groups in total. The molecule has 1 unspecified atom stereocenters. The lowest BCUT2D eigenvalue weighted by atomic mass is 10.0. The summed E-state index contributed by atoms with van der Waals surface area (Å²) in [5.74, 6) is -4.87. The van der Waals surface area contributed by atoms with Gasteiger partial charge < -0.3 is 0 Å². The molecule has 0 saturated carbocycles. The number of hydrogen-bond acceptors (Lipinski definition) is 2. The first kappa shape index (κ1) is 13.0. The van der Waals surface area contributed by atoms with E-state index in [9.17, 15) is 21.6 Å². The molecule has 3 nitrogen and oxygen atoms in total. The predicted octanol–water partition coefficient (Wildman–Crippen LogP) is 1.50. The third-order valence-electron chi connectivity index (χ3n) is 2.02. The molecule has 1 rings (SSSR count). The minimum absolute atomic E-state index is 0.476. The Labute approximate surface area is 91.1 Å². The van der Waals surface area contributed by atoms with Gasteiger partial charge in [0.05, 0.1) is 5.75 Å². The maximum absolute atomic E-state index is 13.2. The zero-order chi connectivity index (χ0) is 12.5. The second kappa shape index (κ2) is 4.42. The van der Waals surface area contributed by atoms with Gasteiger partial charge in [-0.15, -0.1) is 0 Å². The second-order valence-corrected chi connectivity index (χ2v) is 5.17. The number of primary sulfonamides is 1. The van der Waals surface area contributed by atoms with Crippen LogP contribution in [0.1, 0.15) is 18.4 Å². The third kappa shape index (κ3) is 3.21. The first-order valence-electron chi connectivity index (χ1n) is 4.35. The monoisotopic (exact) mass is 253 g/mol. The van der Waals surface area contributed by atoms with E-state index in [0.29, 0.717) is 12.1 Å². The van der Waals surface area contributed by atoms with Gasteiger partial charge in [0, 0.05) is 23.6 Å². The van der Waals surface area contributed by atoms with Crippen LogP contribution in [0, 0.1) is 17.5 Å². The van der Waals surface area contributed by atoms with Gasteiger partial charge in [0.15, 0.2) is 0 Å². The van der Waals surface area contributed by atoms with Crippen LogP contribution in [-0.2, 0) is 10.0 Å². The first-order chi connectivity index (χ1) is 7.20. The molecule has 16 heavy (non-hydrogen) atoms. The van der Waals surface area contributed by atoms with Crippen LogP contribution in [0.4, 0.5) is 13.2 Å². The lowest BCUT2D eigenvalue weighted by Crippen LogP contribution is -2.21. The summed E-state index contributed by atoms with van der Waals surface area (Å²) in [6, 6.07) is 0.996. The highest BCUT2D eigenvalue weighted by Crippen LogP contribution is 2.24. The molecule has 0 amide bonds. The van der Waals surface area contributed by atoms with Crippen molar-refractivity contribution in [1.29, 1.82) is 0 Å². The van der Waals surface area contributed by atoms with E-state index in [4.69, 9.17) is 5.14 Å². The number of hydrogen-bond donors (Lipinski definition) is 1. The SMILES string of the molecule is CC(CS(N)(=O)=O)c1c(F)cc(F)cc1F. The summed E-state index contributed by atoms with van der Waals surface area (Å²) >= 11 is 0.